The molecule has 19 heavy (non-hydrogen) atoms. The zero-order valence-corrected chi connectivity index (χ0v) is 12.3. The molecule has 2 rings (SSSR count). The number of anilines is 1. The molecule has 1 fully saturated rings. The van der Waals surface area contributed by atoms with Crippen LogP contribution in [0.3, 0.4) is 0 Å². The maximum absolute atomic E-state index is 5.69. The molecule has 0 amide bonds. The smallest absolute Gasteiger partial charge is 0.318 e. The normalized spacial score (nSPS) is 18.0. The third kappa shape index (κ3) is 4.18. The van der Waals surface area contributed by atoms with E-state index in [-0.39, 0.29) is 5.54 Å². The molecule has 0 atom stereocenters. The molecule has 2 heterocycles. The number of methoxy groups -OCH3 is 1. The lowest BCUT2D eigenvalue weighted by Gasteiger charge is -2.29. The molecular formula is C13H24N4O2. The van der Waals surface area contributed by atoms with Crippen molar-refractivity contribution < 1.29 is 9.15 Å². The third-order valence-electron chi connectivity index (χ3n) is 3.27. The molecular weight excluding hydrogens is 244 g/mol. The molecule has 0 unspecified atom stereocenters. The SMILES string of the molecule is COC1CCN(c2nnc(CNC(C)(C)C)o2)CC1. The first-order chi connectivity index (χ1) is 8.98. The second-order valence-electron chi connectivity index (χ2n) is 6.00. The summed E-state index contributed by atoms with van der Waals surface area (Å²) >= 11 is 0. The lowest BCUT2D eigenvalue weighted by Crippen LogP contribution is -2.36. The van der Waals surface area contributed by atoms with Crippen molar-refractivity contribution in [2.45, 2.75) is 51.8 Å². The van der Waals surface area contributed by atoms with Gasteiger partial charge < -0.3 is 19.4 Å². The van der Waals surface area contributed by atoms with Gasteiger partial charge in [0.15, 0.2) is 0 Å². The van der Waals surface area contributed by atoms with E-state index in [0.717, 1.165) is 25.9 Å². The van der Waals surface area contributed by atoms with Gasteiger partial charge in [-0.15, -0.1) is 5.10 Å². The summed E-state index contributed by atoms with van der Waals surface area (Å²) in [6.45, 7) is 8.75. The highest BCUT2D eigenvalue weighted by Crippen LogP contribution is 2.20. The maximum atomic E-state index is 5.69. The van der Waals surface area contributed by atoms with Crippen molar-refractivity contribution in [3.63, 3.8) is 0 Å². The Labute approximate surface area is 114 Å². The molecule has 6 heteroatoms. The molecule has 1 aliphatic heterocycles. The number of piperidine rings is 1. The highest BCUT2D eigenvalue weighted by atomic mass is 16.5. The lowest BCUT2D eigenvalue weighted by atomic mass is 10.1. The fraction of sp³-hybridized carbons (Fsp3) is 0.846. The Bertz CT molecular complexity index is 392. The van der Waals surface area contributed by atoms with Crippen LogP contribution < -0.4 is 10.2 Å². The Hall–Kier alpha value is -1.14. The van der Waals surface area contributed by atoms with Gasteiger partial charge in [0.25, 0.3) is 0 Å². The van der Waals surface area contributed by atoms with Crippen LogP contribution >= 0.6 is 0 Å². The van der Waals surface area contributed by atoms with Gasteiger partial charge >= 0.3 is 6.01 Å². The second kappa shape index (κ2) is 5.88. The minimum atomic E-state index is 0.0471. The van der Waals surface area contributed by atoms with Crippen LogP contribution in [0.5, 0.6) is 0 Å². The van der Waals surface area contributed by atoms with Crippen molar-refractivity contribution in [2.75, 3.05) is 25.1 Å². The Kier molecular flexibility index (Phi) is 4.42. The van der Waals surface area contributed by atoms with Crippen LogP contribution in [0.15, 0.2) is 4.42 Å². The highest BCUT2D eigenvalue weighted by Gasteiger charge is 2.22. The van der Waals surface area contributed by atoms with E-state index >= 15 is 0 Å². The van der Waals surface area contributed by atoms with E-state index in [1.54, 1.807) is 7.11 Å². The Morgan fingerprint density at radius 1 is 1.32 bits per heavy atom. The van der Waals surface area contributed by atoms with Crippen LogP contribution in [-0.2, 0) is 11.3 Å². The van der Waals surface area contributed by atoms with Crippen LogP contribution in [0.2, 0.25) is 0 Å². The third-order valence-corrected chi connectivity index (χ3v) is 3.27. The Morgan fingerprint density at radius 3 is 2.58 bits per heavy atom. The van der Waals surface area contributed by atoms with Gasteiger partial charge in [-0.3, -0.25) is 0 Å². The fourth-order valence-electron chi connectivity index (χ4n) is 2.07. The van der Waals surface area contributed by atoms with Crippen molar-refractivity contribution in [1.29, 1.82) is 0 Å². The average Bonchev–Trinajstić information content (AvgIpc) is 2.84. The average molecular weight is 268 g/mol. The molecule has 1 N–H and O–H groups in total. The standard InChI is InChI=1S/C13H24N4O2/c1-13(2,3)14-9-11-15-16-12(19-11)17-7-5-10(18-4)6-8-17/h10,14H,5-9H2,1-4H3. The summed E-state index contributed by atoms with van der Waals surface area (Å²) in [6.07, 6.45) is 2.38. The molecule has 1 saturated heterocycles. The van der Waals surface area contributed by atoms with Crippen LogP contribution in [0.25, 0.3) is 0 Å². The van der Waals surface area contributed by atoms with Gasteiger partial charge in [0.2, 0.25) is 5.89 Å². The van der Waals surface area contributed by atoms with Crippen LogP contribution in [0, 0.1) is 0 Å². The van der Waals surface area contributed by atoms with Crippen LogP contribution in [0.4, 0.5) is 6.01 Å². The number of nitrogens with zero attached hydrogens (tertiary/aromatic N) is 3. The summed E-state index contributed by atoms with van der Waals surface area (Å²) in [7, 11) is 1.77. The monoisotopic (exact) mass is 268 g/mol. The lowest BCUT2D eigenvalue weighted by molar-refractivity contribution is 0.0810. The van der Waals surface area contributed by atoms with E-state index in [9.17, 15) is 0 Å². The minimum absolute atomic E-state index is 0.0471. The molecule has 1 aromatic heterocycles. The summed E-state index contributed by atoms with van der Waals surface area (Å²) < 4.78 is 11.0. The number of hydrogen-bond donors (Lipinski definition) is 1. The van der Waals surface area contributed by atoms with Crippen molar-refractivity contribution in [2.24, 2.45) is 0 Å². The molecule has 0 saturated carbocycles. The summed E-state index contributed by atoms with van der Waals surface area (Å²) in [6, 6.07) is 0.625. The summed E-state index contributed by atoms with van der Waals surface area (Å²) in [5.41, 5.74) is 0.0471. The minimum Gasteiger partial charge on any atom is -0.407 e. The second-order valence-corrected chi connectivity index (χ2v) is 6.00. The Morgan fingerprint density at radius 2 is 2.00 bits per heavy atom. The zero-order chi connectivity index (χ0) is 13.9. The molecule has 0 bridgehead atoms. The van der Waals surface area contributed by atoms with E-state index in [2.05, 4.69) is 41.2 Å². The topological polar surface area (TPSA) is 63.4 Å². The first kappa shape index (κ1) is 14.3. The molecule has 1 aliphatic rings. The Balaban J connectivity index is 1.87. The first-order valence-corrected chi connectivity index (χ1v) is 6.83. The van der Waals surface area contributed by atoms with Crippen molar-refractivity contribution in [3.05, 3.63) is 5.89 Å². The van der Waals surface area contributed by atoms with Gasteiger partial charge in [-0.05, 0) is 33.6 Å². The number of hydrogen-bond acceptors (Lipinski definition) is 6. The van der Waals surface area contributed by atoms with Gasteiger partial charge in [0, 0.05) is 25.7 Å². The van der Waals surface area contributed by atoms with E-state index in [4.69, 9.17) is 9.15 Å². The van der Waals surface area contributed by atoms with Crippen molar-refractivity contribution in [1.82, 2.24) is 15.5 Å². The van der Waals surface area contributed by atoms with E-state index in [1.807, 2.05) is 0 Å². The van der Waals surface area contributed by atoms with Crippen molar-refractivity contribution >= 4 is 6.01 Å². The van der Waals surface area contributed by atoms with Gasteiger partial charge in [-0.1, -0.05) is 5.10 Å². The zero-order valence-electron chi connectivity index (χ0n) is 12.3. The largest absolute Gasteiger partial charge is 0.407 e. The summed E-state index contributed by atoms with van der Waals surface area (Å²) in [4.78, 5) is 2.13. The molecule has 0 radical (unpaired) electrons. The fourth-order valence-corrected chi connectivity index (χ4v) is 2.07. The van der Waals surface area contributed by atoms with Gasteiger partial charge in [-0.2, -0.15) is 0 Å². The molecule has 1 aromatic rings. The predicted octanol–water partition coefficient (Wildman–Crippen LogP) is 1.57. The maximum Gasteiger partial charge on any atom is 0.318 e. The molecule has 0 aromatic carbocycles. The van der Waals surface area contributed by atoms with E-state index in [0.29, 0.717) is 24.6 Å². The number of rotatable bonds is 4. The van der Waals surface area contributed by atoms with Crippen LogP contribution in [0.1, 0.15) is 39.5 Å². The first-order valence-electron chi connectivity index (χ1n) is 6.83. The van der Waals surface area contributed by atoms with E-state index in [1.165, 1.54) is 0 Å². The molecule has 108 valence electrons. The number of ether oxygens (including phenoxy) is 1. The molecule has 0 spiro atoms. The highest BCUT2D eigenvalue weighted by molar-refractivity contribution is 5.24. The number of aromatic nitrogens is 2. The van der Waals surface area contributed by atoms with Crippen LogP contribution in [-0.4, -0.2) is 42.0 Å². The van der Waals surface area contributed by atoms with E-state index < -0.39 is 0 Å². The summed E-state index contributed by atoms with van der Waals surface area (Å²) in [5.74, 6) is 0.638. The quantitative estimate of drug-likeness (QED) is 0.894. The van der Waals surface area contributed by atoms with Gasteiger partial charge in [0.1, 0.15) is 0 Å². The van der Waals surface area contributed by atoms with Gasteiger partial charge in [0.05, 0.1) is 12.6 Å². The molecule has 6 nitrogen and oxygen atoms in total. The number of nitrogens with one attached hydrogen (secondary N) is 1. The van der Waals surface area contributed by atoms with Crippen molar-refractivity contribution in [3.8, 4) is 0 Å². The molecule has 0 aliphatic carbocycles. The van der Waals surface area contributed by atoms with Gasteiger partial charge in [-0.25, -0.2) is 0 Å². The summed E-state index contributed by atoms with van der Waals surface area (Å²) in [5, 5.41) is 11.5. The predicted molar refractivity (Wildman–Crippen MR) is 73.1 cm³/mol.